The fraction of sp³-hybridized carbons (Fsp3) is 0.265. The Morgan fingerprint density at radius 2 is 1.77 bits per heavy atom. The van der Waals surface area contributed by atoms with Crippen molar-refractivity contribution in [3.8, 4) is 0 Å². The molecule has 0 bridgehead atoms. The Balaban J connectivity index is 1.17. The van der Waals surface area contributed by atoms with E-state index in [0.29, 0.717) is 12.2 Å². The highest BCUT2D eigenvalue weighted by atomic mass is 32.2. The lowest BCUT2D eigenvalue weighted by Gasteiger charge is -2.50. The predicted octanol–water partition coefficient (Wildman–Crippen LogP) is 2.36. The van der Waals surface area contributed by atoms with Gasteiger partial charge in [0.2, 0.25) is 12.3 Å². The van der Waals surface area contributed by atoms with Crippen LogP contribution in [0.2, 0.25) is 0 Å². The second-order valence-corrected chi connectivity index (χ2v) is 15.0. The Kier molecular flexibility index (Phi) is 10.6. The van der Waals surface area contributed by atoms with Gasteiger partial charge in [-0.25, -0.2) is 14.9 Å². The lowest BCUT2D eigenvalue weighted by molar-refractivity contribution is -0.156. The summed E-state index contributed by atoms with van der Waals surface area (Å²) >= 11 is 3.31. The van der Waals surface area contributed by atoms with Gasteiger partial charge < -0.3 is 20.2 Å². The minimum atomic E-state index is -1.10. The summed E-state index contributed by atoms with van der Waals surface area (Å²) in [5.41, 5.74) is -0.372. The molecule has 272 valence electrons. The second-order valence-electron chi connectivity index (χ2n) is 11.9. The molecule has 0 radical (unpaired) electrons. The number of thiazole rings is 1. The molecule has 2 aliphatic heterocycles. The van der Waals surface area contributed by atoms with Gasteiger partial charge in [0.25, 0.3) is 5.91 Å². The molecular formula is C34H30N8O8S3. The Morgan fingerprint density at radius 3 is 2.43 bits per heavy atom. The standard InChI is InChI=1S/C34H30N8O8S3/c1-41-30(47)27(45)38-39-34(41)53-28(37-26(44)24(40-50-20-12-13-20)21-16-52-33(36-21)35-17-43)23-29(46)42-22(14-15-51-31(23)42)32(48)49-25(18-8-4-2-5-9-18)19-10-6-3-7-11-19/h2-11,14,16-17,20,23,25,28,31H,12-13,15H2,1H3,(H,37,44)(H,38,45)(H,35,36,43)/t23-,28?,31-/m0/s1. The van der Waals surface area contributed by atoms with Crippen LogP contribution in [0.5, 0.6) is 0 Å². The topological polar surface area (TPSA) is 207 Å². The molecule has 2 fully saturated rings. The first-order chi connectivity index (χ1) is 25.7. The summed E-state index contributed by atoms with van der Waals surface area (Å²) in [6.07, 6.45) is 2.70. The van der Waals surface area contributed by atoms with E-state index < -0.39 is 51.7 Å². The highest BCUT2D eigenvalue weighted by Crippen LogP contribution is 2.46. The average Bonchev–Trinajstić information content (AvgIpc) is 3.89. The van der Waals surface area contributed by atoms with Gasteiger partial charge in [0.1, 0.15) is 17.5 Å². The maximum Gasteiger partial charge on any atom is 0.355 e. The molecular weight excluding hydrogens is 745 g/mol. The van der Waals surface area contributed by atoms with Crippen molar-refractivity contribution in [2.75, 3.05) is 11.1 Å². The van der Waals surface area contributed by atoms with E-state index in [-0.39, 0.29) is 33.5 Å². The molecule has 19 heteroatoms. The lowest BCUT2D eigenvalue weighted by Crippen LogP contribution is -2.66. The Bertz CT molecular complexity index is 2180. The molecule has 16 nitrogen and oxygen atoms in total. The summed E-state index contributed by atoms with van der Waals surface area (Å²) in [7, 11) is 1.34. The molecule has 1 unspecified atom stereocenters. The third kappa shape index (κ3) is 7.67. The number of carbonyl (C=O) groups excluding carboxylic acids is 4. The van der Waals surface area contributed by atoms with Gasteiger partial charge in [0.05, 0.1) is 16.7 Å². The first-order valence-corrected chi connectivity index (χ1v) is 19.0. The number of aromatic amines is 1. The third-order valence-corrected chi connectivity index (χ3v) is 11.6. The summed E-state index contributed by atoms with van der Waals surface area (Å²) in [6.45, 7) is 0. The van der Waals surface area contributed by atoms with Gasteiger partial charge in [-0.3, -0.25) is 33.4 Å². The molecule has 1 saturated carbocycles. The number of hydrogen-bond acceptors (Lipinski definition) is 14. The van der Waals surface area contributed by atoms with Crippen molar-refractivity contribution < 1.29 is 28.8 Å². The SMILES string of the molecule is Cn1c(SC(NC(=O)C(=NOC2CC2)c2csc(NC=O)n2)[C@H]2C(=O)N3C(C(=O)OC(c4ccccc4)c4ccccc4)=CCS[C@@H]23)n[nH]c(=O)c1=O. The van der Waals surface area contributed by atoms with Gasteiger partial charge in [-0.05, 0) is 30.0 Å². The maximum atomic E-state index is 14.1. The number of rotatable bonds is 14. The van der Waals surface area contributed by atoms with Crippen molar-refractivity contribution in [3.05, 3.63) is 115 Å². The van der Waals surface area contributed by atoms with Crippen LogP contribution in [0.25, 0.3) is 0 Å². The van der Waals surface area contributed by atoms with E-state index in [0.717, 1.165) is 51.6 Å². The second kappa shape index (κ2) is 15.6. The van der Waals surface area contributed by atoms with Crippen LogP contribution in [0.15, 0.2) is 97.7 Å². The average molecular weight is 775 g/mol. The summed E-state index contributed by atoms with van der Waals surface area (Å²) in [4.78, 5) is 88.6. The minimum Gasteiger partial charge on any atom is -0.448 e. The number of nitrogens with zero attached hydrogens (tertiary/aromatic N) is 5. The number of aromatic nitrogens is 4. The smallest absolute Gasteiger partial charge is 0.355 e. The molecule has 2 aromatic carbocycles. The van der Waals surface area contributed by atoms with Crippen LogP contribution < -0.4 is 21.8 Å². The van der Waals surface area contributed by atoms with Crippen LogP contribution in [0, 0.1) is 5.92 Å². The molecule has 4 heterocycles. The molecule has 1 aliphatic carbocycles. The molecule has 1 saturated heterocycles. The Hall–Kier alpha value is -5.53. The fourth-order valence-electron chi connectivity index (χ4n) is 5.53. The van der Waals surface area contributed by atoms with Crippen LogP contribution in [-0.4, -0.2) is 77.2 Å². The van der Waals surface area contributed by atoms with E-state index in [2.05, 4.69) is 31.0 Å². The summed E-state index contributed by atoms with van der Waals surface area (Å²) in [5.74, 6) is -2.55. The van der Waals surface area contributed by atoms with Gasteiger partial charge in [0.15, 0.2) is 22.1 Å². The number of benzene rings is 2. The van der Waals surface area contributed by atoms with Crippen LogP contribution in [0.4, 0.5) is 5.13 Å². The van der Waals surface area contributed by atoms with Crippen molar-refractivity contribution >= 4 is 69.9 Å². The molecule has 7 rings (SSSR count). The zero-order valence-electron chi connectivity index (χ0n) is 27.7. The zero-order valence-corrected chi connectivity index (χ0v) is 30.2. The minimum absolute atomic E-state index is 0.00884. The van der Waals surface area contributed by atoms with Crippen molar-refractivity contribution in [2.24, 2.45) is 18.1 Å². The predicted molar refractivity (Wildman–Crippen MR) is 196 cm³/mol. The maximum absolute atomic E-state index is 14.1. The number of anilines is 1. The fourth-order valence-corrected chi connectivity index (χ4v) is 8.73. The molecule has 3 N–H and O–H groups in total. The van der Waals surface area contributed by atoms with E-state index in [9.17, 15) is 28.8 Å². The number of amides is 3. The Labute approximate surface area is 313 Å². The molecule has 0 spiro atoms. The number of nitrogens with one attached hydrogen (secondary N) is 3. The van der Waals surface area contributed by atoms with E-state index in [4.69, 9.17) is 9.57 Å². The van der Waals surface area contributed by atoms with E-state index >= 15 is 0 Å². The number of β-lactam (4-membered cyclic amide) rings is 1. The molecule has 3 aliphatic rings. The first-order valence-electron chi connectivity index (χ1n) is 16.2. The van der Waals surface area contributed by atoms with Crippen LogP contribution >= 0.6 is 34.9 Å². The van der Waals surface area contributed by atoms with Crippen molar-refractivity contribution in [3.63, 3.8) is 0 Å². The quantitative estimate of drug-likeness (QED) is 0.0247. The molecule has 3 atom stereocenters. The van der Waals surface area contributed by atoms with E-state index in [1.807, 2.05) is 60.7 Å². The van der Waals surface area contributed by atoms with Crippen LogP contribution in [-0.2, 0) is 35.8 Å². The number of fused-ring (bicyclic) bond motifs is 1. The number of hydrogen-bond donors (Lipinski definition) is 3. The Morgan fingerprint density at radius 1 is 1.08 bits per heavy atom. The van der Waals surface area contributed by atoms with Crippen molar-refractivity contribution in [1.82, 2.24) is 30.0 Å². The zero-order chi connectivity index (χ0) is 37.1. The van der Waals surface area contributed by atoms with Crippen LogP contribution in [0.3, 0.4) is 0 Å². The van der Waals surface area contributed by atoms with Gasteiger partial charge in [-0.2, -0.15) is 0 Å². The summed E-state index contributed by atoms with van der Waals surface area (Å²) < 4.78 is 7.09. The lowest BCUT2D eigenvalue weighted by atomic mass is 9.95. The number of esters is 1. The van der Waals surface area contributed by atoms with Gasteiger partial charge >= 0.3 is 17.1 Å². The van der Waals surface area contributed by atoms with Gasteiger partial charge in [-0.15, -0.1) is 28.2 Å². The molecule has 3 amide bonds. The number of carbonyl (C=O) groups is 4. The number of ether oxygens (including phenoxy) is 1. The monoisotopic (exact) mass is 774 g/mol. The highest BCUT2D eigenvalue weighted by molar-refractivity contribution is 8.01. The van der Waals surface area contributed by atoms with Crippen molar-refractivity contribution in [2.45, 2.75) is 41.0 Å². The molecule has 53 heavy (non-hydrogen) atoms. The third-order valence-electron chi connectivity index (χ3n) is 8.36. The molecule has 2 aromatic heterocycles. The van der Waals surface area contributed by atoms with E-state index in [1.54, 1.807) is 6.08 Å². The van der Waals surface area contributed by atoms with Gasteiger partial charge in [0, 0.05) is 18.2 Å². The van der Waals surface area contributed by atoms with Crippen molar-refractivity contribution in [1.29, 1.82) is 0 Å². The summed E-state index contributed by atoms with van der Waals surface area (Å²) in [6, 6.07) is 18.5. The highest BCUT2D eigenvalue weighted by Gasteiger charge is 2.56. The largest absolute Gasteiger partial charge is 0.448 e. The number of H-pyrrole nitrogens is 1. The van der Waals surface area contributed by atoms with Gasteiger partial charge in [-0.1, -0.05) is 77.6 Å². The first kappa shape index (κ1) is 35.9. The normalized spacial score (nSPS) is 18.7. The number of thioether (sulfide) groups is 2. The molecule has 4 aromatic rings. The van der Waals surface area contributed by atoms with E-state index in [1.165, 1.54) is 29.1 Å². The number of oxime groups is 1. The summed E-state index contributed by atoms with van der Waals surface area (Å²) in [5, 5.41) is 15.5. The van der Waals surface area contributed by atoms with Crippen LogP contribution in [0.1, 0.15) is 35.8 Å².